The van der Waals surface area contributed by atoms with Crippen LogP contribution in [0.25, 0.3) is 0 Å². The van der Waals surface area contributed by atoms with Gasteiger partial charge in [-0.1, -0.05) is 39.8 Å². The van der Waals surface area contributed by atoms with E-state index in [0.29, 0.717) is 36.4 Å². The maximum absolute atomic E-state index is 12.8. The molecule has 0 aromatic heterocycles. The molecule has 0 spiro atoms. The Morgan fingerprint density at radius 2 is 1.48 bits per heavy atom. The Bertz CT molecular complexity index is 512. The van der Waals surface area contributed by atoms with Crippen molar-refractivity contribution in [3.63, 3.8) is 0 Å². The number of hydrogen-bond acceptors (Lipinski definition) is 3. The van der Waals surface area contributed by atoms with E-state index in [1.165, 1.54) is 0 Å². The van der Waals surface area contributed by atoms with Gasteiger partial charge >= 0.3 is 0 Å². The van der Waals surface area contributed by atoms with Crippen LogP contribution in [-0.2, 0) is 16.4 Å². The maximum Gasteiger partial charge on any atom is 0.243 e. The first-order valence-electron chi connectivity index (χ1n) is 7.56. The van der Waals surface area contributed by atoms with Crippen LogP contribution in [0.4, 0.5) is 0 Å². The molecule has 0 saturated carbocycles. The smallest absolute Gasteiger partial charge is 0.243 e. The van der Waals surface area contributed by atoms with Crippen LogP contribution >= 0.6 is 0 Å². The number of benzene rings is 1. The second-order valence-electron chi connectivity index (χ2n) is 6.29. The Kier molecular flexibility index (Phi) is 6.84. The molecule has 4 nitrogen and oxygen atoms in total. The van der Waals surface area contributed by atoms with Crippen LogP contribution in [0.1, 0.15) is 33.3 Å². The molecule has 120 valence electrons. The molecule has 0 amide bonds. The predicted octanol–water partition coefficient (Wildman–Crippen LogP) is 2.49. The summed E-state index contributed by atoms with van der Waals surface area (Å²) < 4.78 is 27.1. The van der Waals surface area contributed by atoms with Gasteiger partial charge in [-0.25, -0.2) is 8.42 Å². The van der Waals surface area contributed by atoms with Crippen molar-refractivity contribution in [1.82, 2.24) is 4.31 Å². The van der Waals surface area contributed by atoms with Gasteiger partial charge in [0.25, 0.3) is 0 Å². The third-order valence-corrected chi connectivity index (χ3v) is 4.98. The second kappa shape index (κ2) is 7.92. The molecular formula is C16H28N2O2S. The zero-order valence-electron chi connectivity index (χ0n) is 13.5. The first kappa shape index (κ1) is 18.1. The first-order valence-corrected chi connectivity index (χ1v) is 9.00. The Balaban J connectivity index is 3.03. The van der Waals surface area contributed by atoms with Crippen molar-refractivity contribution in [3.05, 3.63) is 29.8 Å². The van der Waals surface area contributed by atoms with Crippen molar-refractivity contribution < 1.29 is 8.42 Å². The van der Waals surface area contributed by atoms with E-state index in [4.69, 9.17) is 5.73 Å². The average Bonchev–Trinajstić information content (AvgIpc) is 2.38. The van der Waals surface area contributed by atoms with Gasteiger partial charge in [0.15, 0.2) is 0 Å². The molecule has 0 fully saturated rings. The predicted molar refractivity (Wildman–Crippen MR) is 87.6 cm³/mol. The van der Waals surface area contributed by atoms with Gasteiger partial charge in [-0.2, -0.15) is 4.31 Å². The number of hydrogen-bond donors (Lipinski definition) is 1. The largest absolute Gasteiger partial charge is 0.330 e. The summed E-state index contributed by atoms with van der Waals surface area (Å²) in [5.41, 5.74) is 6.58. The van der Waals surface area contributed by atoms with Crippen molar-refractivity contribution in [2.24, 2.45) is 17.6 Å². The fourth-order valence-electron chi connectivity index (χ4n) is 2.23. The monoisotopic (exact) mass is 312 g/mol. The van der Waals surface area contributed by atoms with E-state index in [2.05, 4.69) is 0 Å². The molecule has 1 rings (SSSR count). The zero-order chi connectivity index (χ0) is 16.0. The van der Waals surface area contributed by atoms with E-state index >= 15 is 0 Å². The van der Waals surface area contributed by atoms with Gasteiger partial charge in [-0.15, -0.1) is 0 Å². The lowest BCUT2D eigenvalue weighted by molar-refractivity contribution is 0.333. The minimum atomic E-state index is -3.42. The van der Waals surface area contributed by atoms with Crippen molar-refractivity contribution in [1.29, 1.82) is 0 Å². The van der Waals surface area contributed by atoms with Crippen LogP contribution in [0.15, 0.2) is 29.2 Å². The molecule has 0 atom stereocenters. The molecule has 0 aliphatic heterocycles. The van der Waals surface area contributed by atoms with Gasteiger partial charge in [-0.3, -0.25) is 0 Å². The number of nitrogens with zero attached hydrogens (tertiary/aromatic N) is 1. The summed E-state index contributed by atoms with van der Waals surface area (Å²) in [6.07, 6.45) is 0.766. The van der Waals surface area contributed by atoms with Crippen LogP contribution in [0, 0.1) is 11.8 Å². The van der Waals surface area contributed by atoms with Gasteiger partial charge in [0.05, 0.1) is 4.90 Å². The summed E-state index contributed by atoms with van der Waals surface area (Å²) in [5.74, 6) is 0.602. The number of nitrogens with two attached hydrogens (primary N) is 1. The minimum Gasteiger partial charge on any atom is -0.330 e. The Hall–Kier alpha value is -0.910. The lowest BCUT2D eigenvalue weighted by Crippen LogP contribution is -2.37. The van der Waals surface area contributed by atoms with Crippen LogP contribution in [0.5, 0.6) is 0 Å². The van der Waals surface area contributed by atoms with Gasteiger partial charge in [0.1, 0.15) is 0 Å². The van der Waals surface area contributed by atoms with Crippen molar-refractivity contribution >= 4 is 10.0 Å². The number of rotatable bonds is 8. The molecule has 0 heterocycles. The molecule has 0 saturated heterocycles. The van der Waals surface area contributed by atoms with E-state index in [0.717, 1.165) is 12.0 Å². The third-order valence-electron chi connectivity index (χ3n) is 3.13. The second-order valence-corrected chi connectivity index (χ2v) is 8.23. The van der Waals surface area contributed by atoms with Gasteiger partial charge < -0.3 is 5.73 Å². The van der Waals surface area contributed by atoms with Crippen LogP contribution in [0.2, 0.25) is 0 Å². The molecule has 0 radical (unpaired) electrons. The molecule has 5 heteroatoms. The molecule has 21 heavy (non-hydrogen) atoms. The highest BCUT2D eigenvalue weighted by Crippen LogP contribution is 2.19. The molecular weight excluding hydrogens is 284 g/mol. The van der Waals surface area contributed by atoms with E-state index in [-0.39, 0.29) is 0 Å². The molecule has 0 aliphatic rings. The highest BCUT2D eigenvalue weighted by atomic mass is 32.2. The van der Waals surface area contributed by atoms with Crippen LogP contribution in [0.3, 0.4) is 0 Å². The van der Waals surface area contributed by atoms with Crippen LogP contribution in [-0.4, -0.2) is 32.4 Å². The summed E-state index contributed by atoms with van der Waals surface area (Å²) >= 11 is 0. The Labute approximate surface area is 129 Å². The highest BCUT2D eigenvalue weighted by molar-refractivity contribution is 7.89. The van der Waals surface area contributed by atoms with Crippen molar-refractivity contribution in [2.75, 3.05) is 19.6 Å². The van der Waals surface area contributed by atoms with Crippen molar-refractivity contribution in [3.8, 4) is 0 Å². The summed E-state index contributed by atoms with van der Waals surface area (Å²) in [4.78, 5) is 0.365. The molecule has 1 aromatic rings. The molecule has 0 bridgehead atoms. The summed E-state index contributed by atoms with van der Waals surface area (Å²) in [7, 11) is -3.42. The quantitative estimate of drug-likeness (QED) is 0.802. The fraction of sp³-hybridized carbons (Fsp3) is 0.625. The van der Waals surface area contributed by atoms with Crippen molar-refractivity contribution in [2.45, 2.75) is 39.0 Å². The average molecular weight is 312 g/mol. The molecule has 0 aliphatic carbocycles. The van der Waals surface area contributed by atoms with E-state index < -0.39 is 10.0 Å². The lowest BCUT2D eigenvalue weighted by Gasteiger charge is -2.25. The highest BCUT2D eigenvalue weighted by Gasteiger charge is 2.25. The Morgan fingerprint density at radius 1 is 1.00 bits per heavy atom. The van der Waals surface area contributed by atoms with E-state index in [1.807, 2.05) is 39.8 Å². The van der Waals surface area contributed by atoms with Gasteiger partial charge in [0.2, 0.25) is 10.0 Å². The van der Waals surface area contributed by atoms with E-state index in [1.54, 1.807) is 16.4 Å². The third kappa shape index (κ3) is 5.41. The Morgan fingerprint density at radius 3 is 1.86 bits per heavy atom. The molecule has 1 aromatic carbocycles. The van der Waals surface area contributed by atoms with Gasteiger partial charge in [0, 0.05) is 13.1 Å². The minimum absolute atomic E-state index is 0.301. The fourth-order valence-corrected chi connectivity index (χ4v) is 4.00. The molecule has 0 unspecified atom stereocenters. The summed E-state index contributed by atoms with van der Waals surface area (Å²) in [6, 6.07) is 7.08. The lowest BCUT2D eigenvalue weighted by atomic mass is 10.2. The first-order chi connectivity index (χ1) is 9.77. The molecule has 2 N–H and O–H groups in total. The standard InChI is InChI=1S/C16H28N2O2S/c1-13(2)11-18(12-14(3)4)21(19,20)16-7-5-15(6-8-16)9-10-17/h5-8,13-14H,9-12,17H2,1-4H3. The van der Waals surface area contributed by atoms with Gasteiger partial charge in [-0.05, 0) is 42.5 Å². The normalized spacial score (nSPS) is 12.6. The topological polar surface area (TPSA) is 63.4 Å². The SMILES string of the molecule is CC(C)CN(CC(C)C)S(=O)(=O)c1ccc(CCN)cc1. The van der Waals surface area contributed by atoms with Crippen LogP contribution < -0.4 is 5.73 Å². The maximum atomic E-state index is 12.8. The van der Waals surface area contributed by atoms with E-state index in [9.17, 15) is 8.42 Å². The number of sulfonamides is 1. The summed E-state index contributed by atoms with van der Waals surface area (Å²) in [5, 5.41) is 0. The summed E-state index contributed by atoms with van der Waals surface area (Å²) in [6.45, 7) is 9.80. The zero-order valence-corrected chi connectivity index (χ0v) is 14.4.